The monoisotopic (exact) mass is 277 g/mol. The van der Waals surface area contributed by atoms with E-state index in [9.17, 15) is 0 Å². The van der Waals surface area contributed by atoms with Crippen LogP contribution < -0.4 is 5.32 Å². The van der Waals surface area contributed by atoms with Gasteiger partial charge in [-0.3, -0.25) is 0 Å². The number of aryl methyl sites for hydroxylation is 1. The van der Waals surface area contributed by atoms with E-state index in [0.717, 1.165) is 24.8 Å². The molecule has 0 spiro atoms. The van der Waals surface area contributed by atoms with Crippen molar-refractivity contribution in [2.24, 2.45) is 11.8 Å². The largest absolute Gasteiger partial charge is 0.335 e. The fourth-order valence-corrected chi connectivity index (χ4v) is 3.67. The molecule has 20 heavy (non-hydrogen) atoms. The summed E-state index contributed by atoms with van der Waals surface area (Å²) in [7, 11) is 2.11. The molecule has 114 valence electrons. The van der Waals surface area contributed by atoms with Gasteiger partial charge in [0.15, 0.2) is 0 Å². The van der Waals surface area contributed by atoms with Gasteiger partial charge in [0.05, 0.1) is 0 Å². The summed E-state index contributed by atoms with van der Waals surface area (Å²) in [5.74, 6) is 3.06. The maximum absolute atomic E-state index is 4.57. The Balaban J connectivity index is 1.93. The Kier molecular flexibility index (Phi) is 6.08. The van der Waals surface area contributed by atoms with Crippen LogP contribution in [0.1, 0.15) is 58.2 Å². The van der Waals surface area contributed by atoms with Gasteiger partial charge in [-0.25, -0.2) is 4.98 Å². The predicted molar refractivity (Wildman–Crippen MR) is 84.8 cm³/mol. The molecule has 3 heteroatoms. The number of hydrogen-bond acceptors (Lipinski definition) is 2. The van der Waals surface area contributed by atoms with Crippen molar-refractivity contribution in [3.8, 4) is 0 Å². The van der Waals surface area contributed by atoms with Crippen molar-refractivity contribution in [3.63, 3.8) is 0 Å². The number of hydrogen-bond donors (Lipinski definition) is 1. The van der Waals surface area contributed by atoms with Crippen LogP contribution in [0, 0.1) is 11.8 Å². The van der Waals surface area contributed by atoms with Crippen molar-refractivity contribution >= 4 is 0 Å². The summed E-state index contributed by atoms with van der Waals surface area (Å²) >= 11 is 0. The van der Waals surface area contributed by atoms with Gasteiger partial charge in [0.2, 0.25) is 0 Å². The summed E-state index contributed by atoms with van der Waals surface area (Å²) in [5, 5.41) is 3.56. The van der Waals surface area contributed by atoms with Crippen LogP contribution in [0.15, 0.2) is 12.4 Å². The molecule has 1 aromatic heterocycles. The number of nitrogens with one attached hydrogen (secondary N) is 1. The Labute approximate surface area is 124 Å². The molecular weight excluding hydrogens is 246 g/mol. The number of likely N-dealkylation sites (N-methyl/N-ethyl adjacent to an activating group) is 1. The molecular formula is C17H31N3. The van der Waals surface area contributed by atoms with Gasteiger partial charge in [0.25, 0.3) is 0 Å². The Bertz CT molecular complexity index is 377. The first kappa shape index (κ1) is 15.6. The van der Waals surface area contributed by atoms with Crippen LogP contribution in [-0.4, -0.2) is 22.6 Å². The summed E-state index contributed by atoms with van der Waals surface area (Å²) in [4.78, 5) is 4.57. The Morgan fingerprint density at radius 2 is 2.05 bits per heavy atom. The first-order valence-electron chi connectivity index (χ1n) is 8.45. The Morgan fingerprint density at radius 3 is 2.65 bits per heavy atom. The van der Waals surface area contributed by atoms with Gasteiger partial charge in [0, 0.05) is 31.4 Å². The molecule has 0 saturated heterocycles. The smallest absolute Gasteiger partial charge is 0.110 e. The minimum atomic E-state index is 0.589. The fraction of sp³-hybridized carbons (Fsp3) is 0.824. The van der Waals surface area contributed by atoms with E-state index >= 15 is 0 Å². The third-order valence-corrected chi connectivity index (χ3v) is 5.08. The number of imidazole rings is 1. The zero-order chi connectivity index (χ0) is 14.4. The summed E-state index contributed by atoms with van der Waals surface area (Å²) in [6.07, 6.45) is 13.3. The molecule has 2 rings (SSSR count). The summed E-state index contributed by atoms with van der Waals surface area (Å²) < 4.78 is 2.32. The van der Waals surface area contributed by atoms with E-state index in [1.807, 2.05) is 6.20 Å². The predicted octanol–water partition coefficient (Wildman–Crippen LogP) is 3.64. The molecule has 0 bridgehead atoms. The lowest BCUT2D eigenvalue weighted by Gasteiger charge is -2.33. The maximum Gasteiger partial charge on any atom is 0.110 e. The quantitative estimate of drug-likeness (QED) is 0.824. The molecule has 1 aliphatic rings. The molecule has 0 aliphatic heterocycles. The third-order valence-electron chi connectivity index (χ3n) is 5.08. The van der Waals surface area contributed by atoms with Crippen molar-refractivity contribution in [2.45, 2.75) is 71.4 Å². The van der Waals surface area contributed by atoms with Crippen molar-refractivity contribution in [1.29, 1.82) is 0 Å². The molecule has 3 nitrogen and oxygen atoms in total. The number of aromatic nitrogens is 2. The van der Waals surface area contributed by atoms with E-state index < -0.39 is 0 Å². The van der Waals surface area contributed by atoms with E-state index in [1.54, 1.807) is 0 Å². The van der Waals surface area contributed by atoms with Crippen LogP contribution in [0.3, 0.4) is 0 Å². The van der Waals surface area contributed by atoms with E-state index in [-0.39, 0.29) is 0 Å². The molecule has 1 fully saturated rings. The van der Waals surface area contributed by atoms with Crippen molar-refractivity contribution in [1.82, 2.24) is 14.9 Å². The van der Waals surface area contributed by atoms with Crippen molar-refractivity contribution in [2.75, 3.05) is 7.05 Å². The summed E-state index contributed by atoms with van der Waals surface area (Å²) in [6.45, 7) is 5.65. The van der Waals surface area contributed by atoms with E-state index in [4.69, 9.17) is 0 Å². The van der Waals surface area contributed by atoms with Crippen LogP contribution in [0.4, 0.5) is 0 Å². The zero-order valence-corrected chi connectivity index (χ0v) is 13.4. The highest BCUT2D eigenvalue weighted by Crippen LogP contribution is 2.33. The van der Waals surface area contributed by atoms with Gasteiger partial charge in [-0.05, 0) is 38.1 Å². The first-order valence-corrected chi connectivity index (χ1v) is 8.45. The van der Waals surface area contributed by atoms with Crippen LogP contribution in [0.25, 0.3) is 0 Å². The molecule has 1 atom stereocenters. The van der Waals surface area contributed by atoms with Crippen LogP contribution in [-0.2, 0) is 13.0 Å². The molecule has 1 saturated carbocycles. The highest BCUT2D eigenvalue weighted by Gasteiger charge is 2.27. The maximum atomic E-state index is 4.57. The molecule has 1 aromatic rings. The minimum absolute atomic E-state index is 0.589. The minimum Gasteiger partial charge on any atom is -0.335 e. The zero-order valence-electron chi connectivity index (χ0n) is 13.4. The van der Waals surface area contributed by atoms with E-state index in [1.165, 1.54) is 44.3 Å². The SMILES string of the molecule is CCCn1ccnc1CC(NC)C1CCC(CC)CC1. The molecule has 0 aromatic carbocycles. The molecule has 1 unspecified atom stereocenters. The van der Waals surface area contributed by atoms with Gasteiger partial charge in [-0.1, -0.05) is 33.1 Å². The van der Waals surface area contributed by atoms with Gasteiger partial charge in [-0.2, -0.15) is 0 Å². The lowest BCUT2D eigenvalue weighted by molar-refractivity contribution is 0.220. The standard InChI is InChI=1S/C17H31N3/c1-4-11-20-12-10-19-17(20)13-16(18-3)15-8-6-14(5-2)7-9-15/h10,12,14-16,18H,4-9,11,13H2,1-3H3. The molecule has 0 amide bonds. The number of nitrogens with zero attached hydrogens (tertiary/aromatic N) is 2. The lowest BCUT2D eigenvalue weighted by atomic mass is 9.77. The normalized spacial score (nSPS) is 24.8. The Hall–Kier alpha value is -0.830. The van der Waals surface area contributed by atoms with Crippen molar-refractivity contribution < 1.29 is 0 Å². The molecule has 0 radical (unpaired) electrons. The molecule has 1 N–H and O–H groups in total. The average molecular weight is 277 g/mol. The second-order valence-corrected chi connectivity index (χ2v) is 6.33. The van der Waals surface area contributed by atoms with E-state index in [2.05, 4.69) is 42.0 Å². The van der Waals surface area contributed by atoms with E-state index in [0.29, 0.717) is 6.04 Å². The van der Waals surface area contributed by atoms with Crippen LogP contribution in [0.2, 0.25) is 0 Å². The molecule has 1 heterocycles. The van der Waals surface area contributed by atoms with Crippen LogP contribution >= 0.6 is 0 Å². The van der Waals surface area contributed by atoms with Gasteiger partial charge < -0.3 is 9.88 Å². The average Bonchev–Trinajstić information content (AvgIpc) is 2.92. The van der Waals surface area contributed by atoms with Gasteiger partial charge in [0.1, 0.15) is 5.82 Å². The summed E-state index contributed by atoms with van der Waals surface area (Å²) in [6, 6.07) is 0.589. The third kappa shape index (κ3) is 3.85. The van der Waals surface area contributed by atoms with Crippen LogP contribution in [0.5, 0.6) is 0 Å². The highest BCUT2D eigenvalue weighted by molar-refractivity contribution is 4.97. The van der Waals surface area contributed by atoms with Gasteiger partial charge in [-0.15, -0.1) is 0 Å². The van der Waals surface area contributed by atoms with Gasteiger partial charge >= 0.3 is 0 Å². The fourth-order valence-electron chi connectivity index (χ4n) is 3.67. The second-order valence-electron chi connectivity index (χ2n) is 6.33. The lowest BCUT2D eigenvalue weighted by Crippen LogP contribution is -2.38. The Morgan fingerprint density at radius 1 is 1.30 bits per heavy atom. The first-order chi connectivity index (χ1) is 9.78. The summed E-state index contributed by atoms with van der Waals surface area (Å²) in [5.41, 5.74) is 0. The van der Waals surface area contributed by atoms with Crippen molar-refractivity contribution in [3.05, 3.63) is 18.2 Å². The molecule has 1 aliphatic carbocycles. The second kappa shape index (κ2) is 7.82. The topological polar surface area (TPSA) is 29.9 Å². The highest BCUT2D eigenvalue weighted by atomic mass is 15.1. The number of rotatable bonds is 7.